The van der Waals surface area contributed by atoms with E-state index in [4.69, 9.17) is 0 Å². The third kappa shape index (κ3) is 4.99. The van der Waals surface area contributed by atoms with Gasteiger partial charge in [-0.25, -0.2) is 13.4 Å². The predicted octanol–water partition coefficient (Wildman–Crippen LogP) is 3.10. The number of benzene rings is 2. The Hall–Kier alpha value is -3.70. The van der Waals surface area contributed by atoms with Crippen molar-refractivity contribution in [1.29, 1.82) is 0 Å². The van der Waals surface area contributed by atoms with Gasteiger partial charge in [-0.15, -0.1) is 0 Å². The van der Waals surface area contributed by atoms with Gasteiger partial charge in [0.25, 0.3) is 5.56 Å². The predicted molar refractivity (Wildman–Crippen MR) is 155 cm³/mol. The van der Waals surface area contributed by atoms with Crippen molar-refractivity contribution in [1.82, 2.24) is 23.7 Å². The first-order valence-electron chi connectivity index (χ1n) is 13.9. The molecule has 210 valence electrons. The average Bonchev–Trinajstić information content (AvgIpc) is 3.36. The molecular formula is C29H34N6O4S. The summed E-state index contributed by atoms with van der Waals surface area (Å²) in [7, 11) is -3.50. The van der Waals surface area contributed by atoms with Gasteiger partial charge >= 0.3 is 0 Å². The fourth-order valence-electron chi connectivity index (χ4n) is 5.75. The van der Waals surface area contributed by atoms with Gasteiger partial charge < -0.3 is 14.8 Å². The van der Waals surface area contributed by atoms with Crippen LogP contribution in [-0.4, -0.2) is 77.3 Å². The van der Waals surface area contributed by atoms with E-state index in [2.05, 4.69) is 14.9 Å². The number of H-pyrrole nitrogens is 1. The smallest absolute Gasteiger partial charge is 0.277 e. The molecule has 2 aromatic heterocycles. The molecule has 0 spiro atoms. The molecule has 1 amide bonds. The highest BCUT2D eigenvalue weighted by Gasteiger charge is 2.27. The molecule has 2 fully saturated rings. The van der Waals surface area contributed by atoms with E-state index in [-0.39, 0.29) is 24.4 Å². The molecule has 2 aliphatic rings. The number of nitrogens with zero attached hydrogens (tertiary/aromatic N) is 5. The number of hydrogen-bond donors (Lipinski definition) is 1. The minimum atomic E-state index is -3.50. The van der Waals surface area contributed by atoms with Crippen LogP contribution in [0.5, 0.6) is 0 Å². The molecule has 1 N–H and O–H groups in total. The number of fused-ring (bicyclic) bond motifs is 3. The zero-order valence-electron chi connectivity index (χ0n) is 22.7. The number of amides is 1. The highest BCUT2D eigenvalue weighted by atomic mass is 32.2. The van der Waals surface area contributed by atoms with E-state index in [1.165, 1.54) is 10.9 Å². The second-order valence-corrected chi connectivity index (χ2v) is 12.7. The lowest BCUT2D eigenvalue weighted by Crippen LogP contribution is -2.49. The van der Waals surface area contributed by atoms with E-state index in [0.717, 1.165) is 41.4 Å². The highest BCUT2D eigenvalue weighted by molar-refractivity contribution is 7.89. The van der Waals surface area contributed by atoms with Crippen molar-refractivity contribution in [3.05, 3.63) is 64.7 Å². The quantitative estimate of drug-likeness (QED) is 0.387. The van der Waals surface area contributed by atoms with E-state index in [1.54, 1.807) is 22.5 Å². The summed E-state index contributed by atoms with van der Waals surface area (Å²) in [5.74, 6) is -0.0136. The Labute approximate surface area is 233 Å². The van der Waals surface area contributed by atoms with Gasteiger partial charge in [0.15, 0.2) is 0 Å². The number of anilines is 1. The summed E-state index contributed by atoms with van der Waals surface area (Å²) in [5, 5.41) is 0.919. The van der Waals surface area contributed by atoms with Gasteiger partial charge in [-0.3, -0.25) is 14.2 Å². The van der Waals surface area contributed by atoms with Crippen LogP contribution in [-0.2, 0) is 21.4 Å². The van der Waals surface area contributed by atoms with Crippen molar-refractivity contribution in [2.75, 3.05) is 44.2 Å². The van der Waals surface area contributed by atoms with Crippen LogP contribution >= 0.6 is 0 Å². The lowest BCUT2D eigenvalue weighted by molar-refractivity contribution is -0.131. The van der Waals surface area contributed by atoms with Crippen molar-refractivity contribution >= 4 is 43.6 Å². The zero-order valence-corrected chi connectivity index (χ0v) is 23.5. The molecule has 10 nitrogen and oxygen atoms in total. The SMILES string of the molecule is Cc1ccc2[nH]c3c(=O)n(CCC(=O)N4CCN(c5cccc(S(=O)(=O)N6CCCCC6)c5)CC4)cnc3c2c1. The molecule has 0 aliphatic carbocycles. The highest BCUT2D eigenvalue weighted by Crippen LogP contribution is 2.26. The number of nitrogens with one attached hydrogen (secondary N) is 1. The van der Waals surface area contributed by atoms with Gasteiger partial charge in [0.05, 0.1) is 11.2 Å². The number of hydrogen-bond acceptors (Lipinski definition) is 6. The molecule has 2 aromatic carbocycles. The molecule has 0 bridgehead atoms. The Bertz CT molecular complexity index is 1730. The molecule has 0 saturated carbocycles. The van der Waals surface area contributed by atoms with Crippen LogP contribution in [0.3, 0.4) is 0 Å². The summed E-state index contributed by atoms with van der Waals surface area (Å²) in [5.41, 5.74) is 3.73. The monoisotopic (exact) mass is 562 g/mol. The molecule has 4 aromatic rings. The Kier molecular flexibility index (Phi) is 7.09. The van der Waals surface area contributed by atoms with Crippen LogP contribution in [0.25, 0.3) is 21.9 Å². The van der Waals surface area contributed by atoms with Crippen molar-refractivity contribution in [3.63, 3.8) is 0 Å². The molecule has 0 atom stereocenters. The maximum atomic E-state index is 13.1. The standard InChI is InChI=1S/C29H34N6O4S/c1-21-8-9-25-24(18-21)27-28(31-25)29(37)34(20-30-27)13-10-26(36)33-16-14-32(15-17-33)22-6-5-7-23(19-22)40(38,39)35-11-3-2-4-12-35/h5-9,18-20,31H,2-4,10-17H2,1H3. The van der Waals surface area contributed by atoms with Crippen LogP contribution < -0.4 is 10.5 Å². The van der Waals surface area contributed by atoms with Gasteiger partial charge in [0.2, 0.25) is 15.9 Å². The van der Waals surface area contributed by atoms with Crippen LogP contribution in [0.4, 0.5) is 5.69 Å². The zero-order chi connectivity index (χ0) is 27.9. The minimum Gasteiger partial charge on any atom is -0.368 e. The maximum absolute atomic E-state index is 13.1. The van der Waals surface area contributed by atoms with Gasteiger partial charge in [0, 0.05) is 68.8 Å². The molecule has 4 heterocycles. The van der Waals surface area contributed by atoms with Crippen LogP contribution in [0.2, 0.25) is 0 Å². The molecule has 0 radical (unpaired) electrons. The number of sulfonamides is 1. The second kappa shape index (κ2) is 10.7. The van der Waals surface area contributed by atoms with E-state index < -0.39 is 10.0 Å². The minimum absolute atomic E-state index is 0.0136. The first-order valence-corrected chi connectivity index (χ1v) is 15.4. The van der Waals surface area contributed by atoms with Crippen molar-refractivity contribution in [3.8, 4) is 0 Å². The molecule has 2 aliphatic heterocycles. The largest absolute Gasteiger partial charge is 0.368 e. The topological polar surface area (TPSA) is 112 Å². The van der Waals surface area contributed by atoms with E-state index in [1.807, 2.05) is 36.1 Å². The number of aromatic amines is 1. The Morgan fingerprint density at radius 3 is 2.52 bits per heavy atom. The van der Waals surface area contributed by atoms with Crippen LogP contribution in [0, 0.1) is 6.92 Å². The number of rotatable bonds is 6. The Morgan fingerprint density at radius 2 is 1.75 bits per heavy atom. The lowest BCUT2D eigenvalue weighted by atomic mass is 10.2. The first kappa shape index (κ1) is 26.5. The number of piperidine rings is 1. The Morgan fingerprint density at radius 1 is 0.975 bits per heavy atom. The molecule has 11 heteroatoms. The molecule has 6 rings (SSSR count). The number of aryl methyl sites for hydroxylation is 2. The van der Waals surface area contributed by atoms with Gasteiger partial charge in [-0.05, 0) is 50.1 Å². The molecule has 40 heavy (non-hydrogen) atoms. The van der Waals surface area contributed by atoms with Crippen molar-refractivity contribution < 1.29 is 13.2 Å². The fraction of sp³-hybridized carbons (Fsp3) is 0.414. The molecule has 0 unspecified atom stereocenters. The number of aromatic nitrogens is 3. The third-order valence-corrected chi connectivity index (χ3v) is 9.96. The lowest BCUT2D eigenvalue weighted by Gasteiger charge is -2.36. The third-order valence-electron chi connectivity index (χ3n) is 8.06. The second-order valence-electron chi connectivity index (χ2n) is 10.7. The molecule has 2 saturated heterocycles. The summed E-state index contributed by atoms with van der Waals surface area (Å²) in [6.07, 6.45) is 4.60. The van der Waals surface area contributed by atoms with Crippen LogP contribution in [0.15, 0.2) is 58.5 Å². The van der Waals surface area contributed by atoms with Gasteiger partial charge in [0.1, 0.15) is 11.0 Å². The first-order chi connectivity index (χ1) is 19.3. The summed E-state index contributed by atoms with van der Waals surface area (Å²) >= 11 is 0. The van der Waals surface area contributed by atoms with E-state index in [9.17, 15) is 18.0 Å². The number of carbonyl (C=O) groups excluding carboxylic acids is 1. The summed E-state index contributed by atoms with van der Waals surface area (Å²) in [4.78, 5) is 38.0. The molecular weight excluding hydrogens is 528 g/mol. The van der Waals surface area contributed by atoms with Crippen molar-refractivity contribution in [2.45, 2.75) is 44.0 Å². The Balaban J connectivity index is 1.08. The van der Waals surface area contributed by atoms with Gasteiger partial charge in [-0.1, -0.05) is 24.1 Å². The summed E-state index contributed by atoms with van der Waals surface area (Å²) in [6.45, 7) is 5.71. The summed E-state index contributed by atoms with van der Waals surface area (Å²) < 4.78 is 29.3. The summed E-state index contributed by atoms with van der Waals surface area (Å²) in [6, 6.07) is 13.1. The number of piperazine rings is 1. The average molecular weight is 563 g/mol. The number of carbonyl (C=O) groups is 1. The van der Waals surface area contributed by atoms with Gasteiger partial charge in [-0.2, -0.15) is 4.31 Å². The van der Waals surface area contributed by atoms with E-state index in [0.29, 0.717) is 55.2 Å². The van der Waals surface area contributed by atoms with E-state index >= 15 is 0 Å². The maximum Gasteiger partial charge on any atom is 0.277 e. The fourth-order valence-corrected chi connectivity index (χ4v) is 7.30. The normalized spacial score (nSPS) is 17.1. The van der Waals surface area contributed by atoms with Crippen LogP contribution in [0.1, 0.15) is 31.2 Å². The van der Waals surface area contributed by atoms with Crippen molar-refractivity contribution in [2.24, 2.45) is 0 Å².